The van der Waals surface area contributed by atoms with Gasteiger partial charge in [-0.1, -0.05) is 6.92 Å². The molecule has 0 aromatic carbocycles. The van der Waals surface area contributed by atoms with Crippen molar-refractivity contribution in [1.29, 1.82) is 0 Å². The number of hydrogen-bond acceptors (Lipinski definition) is 6. The Morgan fingerprint density at radius 2 is 2.28 bits per heavy atom. The third-order valence-electron chi connectivity index (χ3n) is 3.21. The monoisotopic (exact) mass is 253 g/mol. The molecule has 0 radical (unpaired) electrons. The van der Waals surface area contributed by atoms with Crippen LogP contribution < -0.4 is 0 Å². The average molecular weight is 253 g/mol. The third-order valence-corrected chi connectivity index (χ3v) is 3.21. The quantitative estimate of drug-likeness (QED) is 0.746. The highest BCUT2D eigenvalue weighted by Gasteiger charge is 2.27. The lowest BCUT2D eigenvalue weighted by atomic mass is 9.98. The van der Waals surface area contributed by atoms with Crippen molar-refractivity contribution in [2.45, 2.75) is 32.7 Å². The number of nitrogens with zero attached hydrogens (tertiary/aromatic N) is 3. The van der Waals surface area contributed by atoms with Crippen molar-refractivity contribution in [2.24, 2.45) is 5.92 Å². The lowest BCUT2D eigenvalue weighted by Gasteiger charge is -2.29. The number of rotatable bonds is 4. The molecule has 0 spiro atoms. The van der Waals surface area contributed by atoms with Gasteiger partial charge in [0, 0.05) is 13.0 Å². The van der Waals surface area contributed by atoms with Crippen molar-refractivity contribution in [3.8, 4) is 0 Å². The summed E-state index contributed by atoms with van der Waals surface area (Å²) in [4.78, 5) is 13.7. The van der Waals surface area contributed by atoms with Crippen molar-refractivity contribution in [3.05, 3.63) is 11.8 Å². The van der Waals surface area contributed by atoms with E-state index in [1.54, 1.807) is 0 Å². The largest absolute Gasteiger partial charge is 0.469 e. The molecule has 0 aliphatic carbocycles. The molecule has 18 heavy (non-hydrogen) atoms. The highest BCUT2D eigenvalue weighted by molar-refractivity contribution is 5.72. The fourth-order valence-corrected chi connectivity index (χ4v) is 2.24. The maximum Gasteiger partial charge on any atom is 0.309 e. The van der Waals surface area contributed by atoms with E-state index in [4.69, 9.17) is 9.15 Å². The summed E-state index contributed by atoms with van der Waals surface area (Å²) in [5, 5.41) is 7.93. The molecule has 6 nitrogen and oxygen atoms in total. The van der Waals surface area contributed by atoms with Crippen molar-refractivity contribution >= 4 is 5.97 Å². The second kappa shape index (κ2) is 5.95. The average Bonchev–Trinajstić information content (AvgIpc) is 2.86. The lowest BCUT2D eigenvalue weighted by Crippen LogP contribution is -2.38. The zero-order valence-corrected chi connectivity index (χ0v) is 10.9. The Kier molecular flexibility index (Phi) is 4.30. The molecule has 0 unspecified atom stereocenters. The first-order valence-corrected chi connectivity index (χ1v) is 6.34. The topological polar surface area (TPSA) is 68.5 Å². The van der Waals surface area contributed by atoms with E-state index < -0.39 is 0 Å². The number of esters is 1. The lowest BCUT2D eigenvalue weighted by molar-refractivity contribution is -0.147. The Bertz CT molecular complexity index is 405. The van der Waals surface area contributed by atoms with Crippen LogP contribution in [0.4, 0.5) is 0 Å². The maximum atomic E-state index is 11.5. The molecule has 0 bridgehead atoms. The van der Waals surface area contributed by atoms with Gasteiger partial charge >= 0.3 is 5.97 Å². The van der Waals surface area contributed by atoms with E-state index in [2.05, 4.69) is 15.1 Å². The number of methoxy groups -OCH3 is 1. The molecule has 2 rings (SSSR count). The zero-order chi connectivity index (χ0) is 13.0. The van der Waals surface area contributed by atoms with Gasteiger partial charge in [-0.05, 0) is 19.4 Å². The summed E-state index contributed by atoms with van der Waals surface area (Å²) in [6, 6.07) is 0. The molecule has 6 heteroatoms. The molecule has 1 atom stereocenters. The number of likely N-dealkylation sites (tertiary alicyclic amines) is 1. The summed E-state index contributed by atoms with van der Waals surface area (Å²) in [6.45, 7) is 4.25. The smallest absolute Gasteiger partial charge is 0.309 e. The Balaban J connectivity index is 1.91. The van der Waals surface area contributed by atoms with Crippen LogP contribution in [0.25, 0.3) is 0 Å². The predicted molar refractivity (Wildman–Crippen MR) is 63.7 cm³/mol. The Morgan fingerprint density at radius 1 is 1.50 bits per heavy atom. The molecular formula is C12H19N3O3. The molecule has 0 N–H and O–H groups in total. The van der Waals surface area contributed by atoms with Crippen LogP contribution in [-0.2, 0) is 22.5 Å². The molecule has 0 amide bonds. The minimum absolute atomic E-state index is 0.0303. The van der Waals surface area contributed by atoms with Gasteiger partial charge < -0.3 is 9.15 Å². The SMILES string of the molecule is CCc1nnc(CN2CCC[C@H](C(=O)OC)C2)o1. The van der Waals surface area contributed by atoms with E-state index >= 15 is 0 Å². The van der Waals surface area contributed by atoms with Gasteiger partial charge in [0.2, 0.25) is 11.8 Å². The van der Waals surface area contributed by atoms with Gasteiger partial charge in [0.1, 0.15) is 0 Å². The highest BCUT2D eigenvalue weighted by Crippen LogP contribution is 2.19. The fourth-order valence-electron chi connectivity index (χ4n) is 2.24. The summed E-state index contributed by atoms with van der Waals surface area (Å²) in [5.74, 6) is 1.13. The molecule has 1 aliphatic heterocycles. The van der Waals surface area contributed by atoms with Crippen LogP contribution in [-0.4, -0.2) is 41.3 Å². The van der Waals surface area contributed by atoms with Crippen LogP contribution in [0.5, 0.6) is 0 Å². The minimum atomic E-state index is -0.125. The van der Waals surface area contributed by atoms with Crippen LogP contribution in [0, 0.1) is 5.92 Å². The van der Waals surface area contributed by atoms with E-state index in [-0.39, 0.29) is 11.9 Å². The van der Waals surface area contributed by atoms with Gasteiger partial charge in [-0.2, -0.15) is 0 Å². The van der Waals surface area contributed by atoms with Crippen LogP contribution in [0.2, 0.25) is 0 Å². The minimum Gasteiger partial charge on any atom is -0.469 e. The second-order valence-electron chi connectivity index (χ2n) is 4.54. The van der Waals surface area contributed by atoms with Crippen molar-refractivity contribution in [3.63, 3.8) is 0 Å². The van der Waals surface area contributed by atoms with Gasteiger partial charge in [0.25, 0.3) is 0 Å². The van der Waals surface area contributed by atoms with Crippen LogP contribution in [0.1, 0.15) is 31.5 Å². The molecule has 1 aliphatic rings. The molecule has 100 valence electrons. The Labute approximate surface area is 106 Å². The van der Waals surface area contributed by atoms with Crippen LogP contribution in [0.15, 0.2) is 4.42 Å². The van der Waals surface area contributed by atoms with E-state index in [1.807, 2.05) is 6.92 Å². The standard InChI is InChI=1S/C12H19N3O3/c1-3-10-13-14-11(18-10)8-15-6-4-5-9(7-15)12(16)17-2/h9H,3-8H2,1-2H3/t9-/m0/s1. The van der Waals surface area contributed by atoms with E-state index in [1.165, 1.54) is 7.11 Å². The van der Waals surface area contributed by atoms with Gasteiger partial charge in [-0.15, -0.1) is 10.2 Å². The molecule has 1 aromatic rings. The number of aromatic nitrogens is 2. The van der Waals surface area contributed by atoms with Crippen molar-refractivity contribution in [2.75, 3.05) is 20.2 Å². The van der Waals surface area contributed by atoms with Gasteiger partial charge in [-0.3, -0.25) is 9.69 Å². The molecule has 1 aromatic heterocycles. The summed E-state index contributed by atoms with van der Waals surface area (Å²) >= 11 is 0. The number of aryl methyl sites for hydroxylation is 1. The second-order valence-corrected chi connectivity index (χ2v) is 4.54. The number of ether oxygens (including phenoxy) is 1. The van der Waals surface area contributed by atoms with Crippen LogP contribution in [0.3, 0.4) is 0 Å². The summed E-state index contributed by atoms with van der Waals surface area (Å²) in [5.41, 5.74) is 0. The summed E-state index contributed by atoms with van der Waals surface area (Å²) in [7, 11) is 1.44. The first-order valence-electron chi connectivity index (χ1n) is 6.34. The zero-order valence-electron chi connectivity index (χ0n) is 10.9. The van der Waals surface area contributed by atoms with Crippen molar-refractivity contribution in [1.82, 2.24) is 15.1 Å². The van der Waals surface area contributed by atoms with Crippen LogP contribution >= 0.6 is 0 Å². The maximum absolute atomic E-state index is 11.5. The van der Waals surface area contributed by atoms with Gasteiger partial charge in [0.05, 0.1) is 19.6 Å². The number of hydrogen-bond donors (Lipinski definition) is 0. The molecule has 1 fully saturated rings. The summed E-state index contributed by atoms with van der Waals surface area (Å²) in [6.07, 6.45) is 2.64. The molecular weight excluding hydrogens is 234 g/mol. The molecule has 0 saturated carbocycles. The first-order chi connectivity index (χ1) is 8.72. The fraction of sp³-hybridized carbons (Fsp3) is 0.750. The van der Waals surface area contributed by atoms with E-state index in [9.17, 15) is 4.79 Å². The highest BCUT2D eigenvalue weighted by atomic mass is 16.5. The van der Waals surface area contributed by atoms with Gasteiger partial charge in [0.15, 0.2) is 0 Å². The van der Waals surface area contributed by atoms with Gasteiger partial charge in [-0.25, -0.2) is 0 Å². The number of carbonyl (C=O) groups excluding carboxylic acids is 1. The third kappa shape index (κ3) is 3.07. The molecule has 2 heterocycles. The predicted octanol–water partition coefficient (Wildman–Crippen LogP) is 1.02. The summed E-state index contributed by atoms with van der Waals surface area (Å²) < 4.78 is 10.3. The van der Waals surface area contributed by atoms with Crippen molar-refractivity contribution < 1.29 is 13.9 Å². The Hall–Kier alpha value is -1.43. The van der Waals surface area contributed by atoms with E-state index in [0.717, 1.165) is 25.8 Å². The first kappa shape index (κ1) is 13.0. The number of carbonyl (C=O) groups is 1. The Morgan fingerprint density at radius 3 is 2.94 bits per heavy atom. The molecule has 1 saturated heterocycles. The normalized spacial score (nSPS) is 20.9. The van der Waals surface area contributed by atoms with E-state index in [0.29, 0.717) is 24.9 Å². The number of piperidine rings is 1.